The zero-order valence-electron chi connectivity index (χ0n) is 8.24. The van der Waals surface area contributed by atoms with Crippen molar-refractivity contribution in [3.63, 3.8) is 0 Å². The van der Waals surface area contributed by atoms with Gasteiger partial charge in [0.2, 0.25) is 0 Å². The van der Waals surface area contributed by atoms with Gasteiger partial charge in [-0.05, 0) is 18.2 Å². The largest absolute Gasteiger partial charge is 0.507 e. The van der Waals surface area contributed by atoms with Crippen molar-refractivity contribution in [3.8, 4) is 5.75 Å². The molecule has 1 atom stereocenters. The van der Waals surface area contributed by atoms with Crippen LogP contribution in [0.1, 0.15) is 0 Å². The first-order valence-electron chi connectivity index (χ1n) is 4.67. The summed E-state index contributed by atoms with van der Waals surface area (Å²) in [6.07, 6.45) is 0. The molecule has 4 heteroatoms. The molecule has 1 unspecified atom stereocenters. The molecule has 82 valence electrons. The molecule has 1 N–H and O–H groups in total. The van der Waals surface area contributed by atoms with Gasteiger partial charge in [0, 0.05) is 16.7 Å². The van der Waals surface area contributed by atoms with Crippen molar-refractivity contribution in [2.75, 3.05) is 0 Å². The van der Waals surface area contributed by atoms with Gasteiger partial charge in [0.15, 0.2) is 0 Å². The molecule has 0 aliphatic carbocycles. The number of phenolic OH excluding ortho intramolecular Hbond substituents is 1. The van der Waals surface area contributed by atoms with E-state index < -0.39 is 11.6 Å². The van der Waals surface area contributed by atoms with Crippen LogP contribution in [0, 0.1) is 11.6 Å². The monoisotopic (exact) mass is 238 g/mol. The van der Waals surface area contributed by atoms with E-state index in [1.54, 1.807) is 24.3 Å². The highest BCUT2D eigenvalue weighted by Crippen LogP contribution is 2.19. The topological polar surface area (TPSA) is 20.2 Å². The molecule has 2 rings (SSSR count). The Morgan fingerprint density at radius 1 is 0.938 bits per heavy atom. The van der Waals surface area contributed by atoms with Crippen molar-refractivity contribution >= 4 is 19.2 Å². The molecular weight excluding hydrogens is 229 g/mol. The average Bonchev–Trinajstić information content (AvgIpc) is 2.25. The Balaban J connectivity index is 2.31. The maximum Gasteiger partial charge on any atom is 0.133 e. The number of hydrogen-bond donors (Lipinski definition) is 1. The number of phenols is 1. The van der Waals surface area contributed by atoms with Crippen LogP contribution in [0.5, 0.6) is 5.75 Å². The predicted octanol–water partition coefficient (Wildman–Crippen LogP) is 2.30. The molecule has 0 saturated heterocycles. The molecule has 2 aromatic carbocycles. The molecule has 1 nitrogen and oxygen atoms in total. The third kappa shape index (κ3) is 2.37. The van der Waals surface area contributed by atoms with Gasteiger partial charge < -0.3 is 5.11 Å². The molecular formula is C12H9F2OP. The van der Waals surface area contributed by atoms with Crippen LogP contribution in [0.2, 0.25) is 0 Å². The van der Waals surface area contributed by atoms with Gasteiger partial charge in [-0.3, -0.25) is 0 Å². The summed E-state index contributed by atoms with van der Waals surface area (Å²) < 4.78 is 26.0. The fourth-order valence-electron chi connectivity index (χ4n) is 1.32. The first-order valence-corrected chi connectivity index (χ1v) is 5.67. The number of benzene rings is 2. The maximum absolute atomic E-state index is 13.4. The van der Waals surface area contributed by atoms with E-state index >= 15 is 0 Å². The molecule has 0 heterocycles. The summed E-state index contributed by atoms with van der Waals surface area (Å²) in [6, 6.07) is 10.2. The Morgan fingerprint density at radius 3 is 2.38 bits per heavy atom. The van der Waals surface area contributed by atoms with Gasteiger partial charge in [-0.15, -0.1) is 0 Å². The SMILES string of the molecule is Oc1ccccc1Pc1ccc(F)cc1F. The molecule has 2 aromatic rings. The fraction of sp³-hybridized carbons (Fsp3) is 0. The summed E-state index contributed by atoms with van der Waals surface area (Å²) in [7, 11) is -0.0209. The van der Waals surface area contributed by atoms with E-state index in [1.165, 1.54) is 12.1 Å². The van der Waals surface area contributed by atoms with E-state index in [2.05, 4.69) is 0 Å². The highest BCUT2D eigenvalue weighted by Gasteiger charge is 2.07. The normalized spacial score (nSPS) is 11.1. The van der Waals surface area contributed by atoms with Crippen molar-refractivity contribution in [2.24, 2.45) is 0 Å². The van der Waals surface area contributed by atoms with Crippen LogP contribution in [0.25, 0.3) is 0 Å². The predicted molar refractivity (Wildman–Crippen MR) is 62.0 cm³/mol. The first kappa shape index (κ1) is 11.0. The molecule has 0 aliphatic heterocycles. The minimum atomic E-state index is -0.594. The van der Waals surface area contributed by atoms with Crippen LogP contribution in [-0.4, -0.2) is 5.11 Å². The highest BCUT2D eigenvalue weighted by atomic mass is 31.1. The molecule has 0 amide bonds. The Labute approximate surface area is 93.5 Å². The van der Waals surface area contributed by atoms with Gasteiger partial charge in [-0.25, -0.2) is 8.78 Å². The highest BCUT2D eigenvalue weighted by molar-refractivity contribution is 7.55. The lowest BCUT2D eigenvalue weighted by molar-refractivity contribution is 0.480. The Kier molecular flexibility index (Phi) is 3.16. The zero-order chi connectivity index (χ0) is 11.5. The Morgan fingerprint density at radius 2 is 1.69 bits per heavy atom. The van der Waals surface area contributed by atoms with E-state index in [-0.39, 0.29) is 14.3 Å². The van der Waals surface area contributed by atoms with E-state index in [9.17, 15) is 13.9 Å². The zero-order valence-corrected chi connectivity index (χ0v) is 9.24. The van der Waals surface area contributed by atoms with Gasteiger partial charge in [0.05, 0.1) is 0 Å². The van der Waals surface area contributed by atoms with Crippen LogP contribution < -0.4 is 10.6 Å². The second-order valence-electron chi connectivity index (χ2n) is 3.27. The fourth-order valence-corrected chi connectivity index (χ4v) is 2.35. The van der Waals surface area contributed by atoms with E-state index in [0.29, 0.717) is 10.6 Å². The minimum Gasteiger partial charge on any atom is -0.507 e. The molecule has 0 aliphatic rings. The number of hydrogen-bond acceptors (Lipinski definition) is 1. The third-order valence-corrected chi connectivity index (χ3v) is 3.47. The molecule has 0 aromatic heterocycles. The molecule has 0 bridgehead atoms. The van der Waals surface area contributed by atoms with E-state index in [4.69, 9.17) is 0 Å². The van der Waals surface area contributed by atoms with Gasteiger partial charge in [0.1, 0.15) is 17.4 Å². The summed E-state index contributed by atoms with van der Waals surface area (Å²) in [6.45, 7) is 0. The lowest BCUT2D eigenvalue weighted by Gasteiger charge is -2.05. The van der Waals surface area contributed by atoms with E-state index in [0.717, 1.165) is 6.07 Å². The number of halogens is 2. The van der Waals surface area contributed by atoms with Gasteiger partial charge in [-0.1, -0.05) is 26.8 Å². The quantitative estimate of drug-likeness (QED) is 0.796. The van der Waals surface area contributed by atoms with Crippen molar-refractivity contribution in [3.05, 3.63) is 54.1 Å². The molecule has 16 heavy (non-hydrogen) atoms. The third-order valence-electron chi connectivity index (χ3n) is 2.10. The maximum atomic E-state index is 13.4. The smallest absolute Gasteiger partial charge is 0.133 e. The van der Waals surface area contributed by atoms with Gasteiger partial charge >= 0.3 is 0 Å². The van der Waals surface area contributed by atoms with Crippen molar-refractivity contribution in [1.29, 1.82) is 0 Å². The minimum absolute atomic E-state index is 0.0209. The van der Waals surface area contributed by atoms with Crippen molar-refractivity contribution in [2.45, 2.75) is 0 Å². The molecule has 0 spiro atoms. The van der Waals surface area contributed by atoms with Crippen LogP contribution in [-0.2, 0) is 0 Å². The molecule has 0 saturated carbocycles. The average molecular weight is 238 g/mol. The first-order chi connectivity index (χ1) is 7.66. The number of rotatable bonds is 2. The number of aromatic hydroxyl groups is 1. The van der Waals surface area contributed by atoms with Gasteiger partial charge in [-0.2, -0.15) is 0 Å². The second-order valence-corrected chi connectivity index (χ2v) is 4.59. The lowest BCUT2D eigenvalue weighted by Crippen LogP contribution is -2.08. The molecule has 0 fully saturated rings. The van der Waals surface area contributed by atoms with Crippen LogP contribution >= 0.6 is 8.58 Å². The molecule has 0 radical (unpaired) electrons. The second kappa shape index (κ2) is 4.58. The summed E-state index contributed by atoms with van der Waals surface area (Å²) in [4.78, 5) is 0. The van der Waals surface area contributed by atoms with Crippen LogP contribution in [0.4, 0.5) is 8.78 Å². The Hall–Kier alpha value is -1.47. The lowest BCUT2D eigenvalue weighted by atomic mass is 10.3. The standard InChI is InChI=1S/C12H9F2OP/c13-8-5-6-11(9(14)7-8)16-12-4-2-1-3-10(12)15/h1-7,15-16H. The van der Waals surface area contributed by atoms with Crippen molar-refractivity contribution < 1.29 is 13.9 Å². The van der Waals surface area contributed by atoms with Gasteiger partial charge in [0.25, 0.3) is 0 Å². The summed E-state index contributed by atoms with van der Waals surface area (Å²) in [5.74, 6) is -1.05. The summed E-state index contributed by atoms with van der Waals surface area (Å²) in [5.41, 5.74) is 0. The van der Waals surface area contributed by atoms with Crippen molar-refractivity contribution in [1.82, 2.24) is 0 Å². The van der Waals surface area contributed by atoms with Crippen LogP contribution in [0.3, 0.4) is 0 Å². The summed E-state index contributed by atoms with van der Waals surface area (Å²) >= 11 is 0. The van der Waals surface area contributed by atoms with E-state index in [1.807, 2.05) is 0 Å². The number of para-hydroxylation sites is 1. The van der Waals surface area contributed by atoms with Crippen LogP contribution in [0.15, 0.2) is 42.5 Å². The Bertz CT molecular complexity index is 514. The summed E-state index contributed by atoms with van der Waals surface area (Å²) in [5, 5.41) is 10.6.